The highest BCUT2D eigenvalue weighted by molar-refractivity contribution is 9.10. The number of rotatable bonds is 2. The molecule has 0 radical (unpaired) electrons. The van der Waals surface area contributed by atoms with Crippen molar-refractivity contribution in [1.29, 1.82) is 0 Å². The maximum absolute atomic E-state index is 6.27. The molecule has 2 rings (SSSR count). The molecule has 0 bridgehead atoms. The Morgan fingerprint density at radius 2 is 1.74 bits per heavy atom. The van der Waals surface area contributed by atoms with Crippen LogP contribution in [0.4, 0.5) is 5.69 Å². The minimum Gasteiger partial charge on any atom is -0.381 e. The molecule has 106 valence electrons. The fraction of sp³-hybridized carbons (Fsp3) is 0.625. The van der Waals surface area contributed by atoms with E-state index in [9.17, 15) is 0 Å². The predicted molar refractivity (Wildman–Crippen MR) is 88.0 cm³/mol. The van der Waals surface area contributed by atoms with Gasteiger partial charge in [-0.3, -0.25) is 0 Å². The van der Waals surface area contributed by atoms with Crippen molar-refractivity contribution in [2.45, 2.75) is 53.0 Å². The maximum Gasteiger partial charge on any atom is 0.0638 e. The highest BCUT2D eigenvalue weighted by Gasteiger charge is 2.38. The molecule has 0 saturated heterocycles. The smallest absolute Gasteiger partial charge is 0.0638 e. The molecule has 0 heterocycles. The lowest BCUT2D eigenvalue weighted by Gasteiger charge is -2.45. The van der Waals surface area contributed by atoms with Gasteiger partial charge in [0.05, 0.1) is 10.7 Å². The minimum atomic E-state index is 0.387. The van der Waals surface area contributed by atoms with Gasteiger partial charge in [-0.15, -0.1) is 0 Å². The van der Waals surface area contributed by atoms with Crippen LogP contribution in [0.2, 0.25) is 5.02 Å². The van der Waals surface area contributed by atoms with Crippen LogP contribution in [-0.2, 0) is 0 Å². The summed E-state index contributed by atoms with van der Waals surface area (Å²) in [7, 11) is 0. The van der Waals surface area contributed by atoms with Gasteiger partial charge in [-0.25, -0.2) is 0 Å². The van der Waals surface area contributed by atoms with E-state index in [-0.39, 0.29) is 0 Å². The van der Waals surface area contributed by atoms with E-state index < -0.39 is 0 Å². The third-order valence-electron chi connectivity index (χ3n) is 3.84. The zero-order chi connectivity index (χ0) is 14.3. The summed E-state index contributed by atoms with van der Waals surface area (Å²) >= 11 is 9.78. The van der Waals surface area contributed by atoms with Gasteiger partial charge in [0.25, 0.3) is 0 Å². The summed E-state index contributed by atoms with van der Waals surface area (Å²) in [5.74, 6) is 0. The number of anilines is 1. The molecule has 0 spiro atoms. The normalized spacial score (nSPS) is 22.2. The molecular formula is C16H23BrClN. The molecule has 1 aromatic carbocycles. The fourth-order valence-corrected chi connectivity index (χ4v) is 4.31. The Balaban J connectivity index is 2.16. The number of benzene rings is 1. The second kappa shape index (κ2) is 5.29. The SMILES string of the molecule is CC1(C)CC(Nc2cc(Br)ccc2Cl)CC(C)(C)C1. The first kappa shape index (κ1) is 15.2. The molecule has 1 N–H and O–H groups in total. The van der Waals surface area contributed by atoms with Crippen LogP contribution in [0.1, 0.15) is 47.0 Å². The van der Waals surface area contributed by atoms with Gasteiger partial charge in [-0.05, 0) is 48.3 Å². The van der Waals surface area contributed by atoms with Crippen LogP contribution in [0.5, 0.6) is 0 Å². The van der Waals surface area contributed by atoms with Crippen LogP contribution in [0.15, 0.2) is 22.7 Å². The third-order valence-corrected chi connectivity index (χ3v) is 4.67. The Hall–Kier alpha value is -0.210. The lowest BCUT2D eigenvalue weighted by Crippen LogP contribution is -2.40. The average molecular weight is 345 g/mol. The van der Waals surface area contributed by atoms with Crippen molar-refractivity contribution in [3.8, 4) is 0 Å². The molecule has 0 atom stereocenters. The van der Waals surface area contributed by atoms with E-state index in [1.165, 1.54) is 19.3 Å². The second-order valence-electron chi connectivity index (χ2n) is 7.38. The molecule has 0 amide bonds. The van der Waals surface area contributed by atoms with Gasteiger partial charge in [0, 0.05) is 10.5 Å². The van der Waals surface area contributed by atoms with E-state index in [0.717, 1.165) is 15.2 Å². The molecule has 1 aromatic rings. The zero-order valence-corrected chi connectivity index (χ0v) is 14.5. The second-order valence-corrected chi connectivity index (χ2v) is 8.70. The monoisotopic (exact) mass is 343 g/mol. The summed E-state index contributed by atoms with van der Waals surface area (Å²) in [6, 6.07) is 6.47. The van der Waals surface area contributed by atoms with Crippen molar-refractivity contribution in [1.82, 2.24) is 0 Å². The average Bonchev–Trinajstić information content (AvgIpc) is 2.18. The summed E-state index contributed by atoms with van der Waals surface area (Å²) < 4.78 is 1.06. The Bertz CT molecular complexity index is 452. The van der Waals surface area contributed by atoms with Crippen LogP contribution >= 0.6 is 27.5 Å². The van der Waals surface area contributed by atoms with Crippen LogP contribution < -0.4 is 5.32 Å². The van der Waals surface area contributed by atoms with Crippen molar-refractivity contribution in [2.24, 2.45) is 10.8 Å². The van der Waals surface area contributed by atoms with E-state index in [0.29, 0.717) is 16.9 Å². The van der Waals surface area contributed by atoms with Crippen LogP contribution in [0, 0.1) is 10.8 Å². The molecule has 1 fully saturated rings. The maximum atomic E-state index is 6.27. The summed E-state index contributed by atoms with van der Waals surface area (Å²) in [5.41, 5.74) is 1.81. The van der Waals surface area contributed by atoms with E-state index in [1.807, 2.05) is 12.1 Å². The zero-order valence-electron chi connectivity index (χ0n) is 12.2. The van der Waals surface area contributed by atoms with Crippen molar-refractivity contribution in [2.75, 3.05) is 5.32 Å². The topological polar surface area (TPSA) is 12.0 Å². The molecule has 3 heteroatoms. The summed E-state index contributed by atoms with van der Waals surface area (Å²) in [4.78, 5) is 0. The summed E-state index contributed by atoms with van der Waals surface area (Å²) in [6.07, 6.45) is 3.67. The molecular weight excluding hydrogens is 322 g/mol. The van der Waals surface area contributed by atoms with Crippen LogP contribution in [0.3, 0.4) is 0 Å². The third kappa shape index (κ3) is 4.13. The van der Waals surface area contributed by atoms with Crippen molar-refractivity contribution >= 4 is 33.2 Å². The fourth-order valence-electron chi connectivity index (χ4n) is 3.78. The standard InChI is InChI=1S/C16H23BrClN/c1-15(2)8-12(9-16(3,4)10-15)19-14-7-11(17)5-6-13(14)18/h5-7,12,19H,8-10H2,1-4H3. The predicted octanol–water partition coefficient (Wildman–Crippen LogP) is 6.12. The molecule has 0 aromatic heterocycles. The van der Waals surface area contributed by atoms with Gasteiger partial charge in [0.1, 0.15) is 0 Å². The Kier molecular flexibility index (Phi) is 4.23. The van der Waals surface area contributed by atoms with Gasteiger partial charge >= 0.3 is 0 Å². The first-order chi connectivity index (χ1) is 8.67. The number of nitrogens with one attached hydrogen (secondary N) is 1. The molecule has 1 aliphatic carbocycles. The summed E-state index contributed by atoms with van der Waals surface area (Å²) in [6.45, 7) is 9.46. The van der Waals surface area contributed by atoms with Crippen LogP contribution in [0.25, 0.3) is 0 Å². The van der Waals surface area contributed by atoms with E-state index in [4.69, 9.17) is 11.6 Å². The number of halogens is 2. The largest absolute Gasteiger partial charge is 0.381 e. The van der Waals surface area contributed by atoms with Crippen molar-refractivity contribution < 1.29 is 0 Å². The van der Waals surface area contributed by atoms with Crippen molar-refractivity contribution in [3.05, 3.63) is 27.7 Å². The Morgan fingerprint density at radius 1 is 1.16 bits per heavy atom. The quantitative estimate of drug-likeness (QED) is 0.681. The van der Waals surface area contributed by atoms with Gasteiger partial charge in [-0.1, -0.05) is 55.2 Å². The Labute approximate surface area is 130 Å². The molecule has 0 unspecified atom stereocenters. The Morgan fingerprint density at radius 3 is 2.32 bits per heavy atom. The lowest BCUT2D eigenvalue weighted by molar-refractivity contribution is 0.105. The van der Waals surface area contributed by atoms with E-state index in [2.05, 4.69) is 55.0 Å². The first-order valence-corrected chi connectivity index (χ1v) is 8.06. The first-order valence-electron chi connectivity index (χ1n) is 6.89. The van der Waals surface area contributed by atoms with Crippen molar-refractivity contribution in [3.63, 3.8) is 0 Å². The van der Waals surface area contributed by atoms with Gasteiger partial charge in [0.15, 0.2) is 0 Å². The van der Waals surface area contributed by atoms with E-state index in [1.54, 1.807) is 0 Å². The molecule has 1 aliphatic rings. The minimum absolute atomic E-state index is 0.387. The number of hydrogen-bond donors (Lipinski definition) is 1. The highest BCUT2D eigenvalue weighted by atomic mass is 79.9. The van der Waals surface area contributed by atoms with E-state index >= 15 is 0 Å². The highest BCUT2D eigenvalue weighted by Crippen LogP contribution is 2.46. The molecule has 1 nitrogen and oxygen atoms in total. The molecule has 1 saturated carbocycles. The van der Waals surface area contributed by atoms with Gasteiger partial charge in [0.2, 0.25) is 0 Å². The summed E-state index contributed by atoms with van der Waals surface area (Å²) in [5, 5.41) is 4.43. The molecule has 0 aliphatic heterocycles. The number of hydrogen-bond acceptors (Lipinski definition) is 1. The van der Waals surface area contributed by atoms with Gasteiger partial charge in [-0.2, -0.15) is 0 Å². The lowest BCUT2D eigenvalue weighted by atomic mass is 9.63. The molecule has 19 heavy (non-hydrogen) atoms. The van der Waals surface area contributed by atoms with Crippen LogP contribution in [-0.4, -0.2) is 6.04 Å². The van der Waals surface area contributed by atoms with Gasteiger partial charge < -0.3 is 5.32 Å².